The number of aromatic hydroxyl groups is 1. The zero-order chi connectivity index (χ0) is 16.6. The van der Waals surface area contributed by atoms with E-state index >= 15 is 0 Å². The van der Waals surface area contributed by atoms with Gasteiger partial charge in [-0.1, -0.05) is 35.3 Å². The second-order valence-electron chi connectivity index (χ2n) is 4.72. The third kappa shape index (κ3) is 3.02. The fraction of sp³-hybridized carbons (Fsp3) is 0. The number of anilines is 1. The lowest BCUT2D eigenvalue weighted by molar-refractivity contribution is 0.102. The van der Waals surface area contributed by atoms with Gasteiger partial charge in [0, 0.05) is 15.7 Å². The molecule has 3 aromatic rings. The number of benzene rings is 2. The number of amides is 1. The molecule has 0 bridgehead atoms. The molecule has 0 radical (unpaired) electrons. The first-order chi connectivity index (χ1) is 11.0. The zero-order valence-corrected chi connectivity index (χ0v) is 13.0. The minimum Gasteiger partial charge on any atom is -0.506 e. The SMILES string of the molecule is O=C(Nc1cc(Cl)cc(Cl)c1)c1c(O)c2ccccc2oc1=O. The Balaban J connectivity index is 2.06. The van der Waals surface area contributed by atoms with Gasteiger partial charge in [0.2, 0.25) is 0 Å². The molecule has 0 saturated carbocycles. The summed E-state index contributed by atoms with van der Waals surface area (Å²) in [5.41, 5.74) is -0.941. The van der Waals surface area contributed by atoms with Crippen molar-refractivity contribution in [1.82, 2.24) is 0 Å². The fourth-order valence-corrected chi connectivity index (χ4v) is 2.68. The number of carbonyl (C=O) groups excluding carboxylic acids is 1. The Bertz CT molecular complexity index is 961. The summed E-state index contributed by atoms with van der Waals surface area (Å²) in [6.45, 7) is 0. The highest BCUT2D eigenvalue weighted by Gasteiger charge is 2.21. The monoisotopic (exact) mass is 349 g/mol. The zero-order valence-electron chi connectivity index (χ0n) is 11.5. The van der Waals surface area contributed by atoms with Crippen LogP contribution >= 0.6 is 23.2 Å². The molecule has 1 heterocycles. The number of para-hydroxylation sites is 1. The van der Waals surface area contributed by atoms with Crippen molar-refractivity contribution < 1.29 is 14.3 Å². The van der Waals surface area contributed by atoms with Gasteiger partial charge in [0.25, 0.3) is 5.91 Å². The number of carbonyl (C=O) groups is 1. The average molecular weight is 350 g/mol. The number of rotatable bonds is 2. The molecule has 2 N–H and O–H groups in total. The molecule has 1 amide bonds. The molecule has 1 aromatic heterocycles. The molecular formula is C16H9Cl2NO4. The van der Waals surface area contributed by atoms with Crippen molar-refractivity contribution >= 4 is 45.8 Å². The van der Waals surface area contributed by atoms with Gasteiger partial charge in [0.15, 0.2) is 5.56 Å². The van der Waals surface area contributed by atoms with Gasteiger partial charge in [-0.2, -0.15) is 0 Å². The van der Waals surface area contributed by atoms with Crippen LogP contribution in [0.1, 0.15) is 10.4 Å². The van der Waals surface area contributed by atoms with Crippen molar-refractivity contribution in [2.75, 3.05) is 5.32 Å². The summed E-state index contributed by atoms with van der Waals surface area (Å²) in [5.74, 6) is -1.26. The van der Waals surface area contributed by atoms with Crippen LogP contribution in [0.15, 0.2) is 51.7 Å². The minimum absolute atomic E-state index is 0.192. The van der Waals surface area contributed by atoms with Crippen molar-refractivity contribution in [3.8, 4) is 5.75 Å². The summed E-state index contributed by atoms with van der Waals surface area (Å²) < 4.78 is 5.05. The molecule has 0 unspecified atom stereocenters. The lowest BCUT2D eigenvalue weighted by atomic mass is 10.1. The van der Waals surface area contributed by atoms with Crippen LogP contribution in [-0.4, -0.2) is 11.0 Å². The Labute approximate surface area is 140 Å². The third-order valence-corrected chi connectivity index (χ3v) is 3.57. The fourth-order valence-electron chi connectivity index (χ4n) is 2.15. The maximum absolute atomic E-state index is 12.3. The second-order valence-corrected chi connectivity index (χ2v) is 5.59. The predicted octanol–water partition coefficient (Wildman–Crippen LogP) is 4.06. The van der Waals surface area contributed by atoms with Gasteiger partial charge in [-0.05, 0) is 30.3 Å². The van der Waals surface area contributed by atoms with E-state index in [2.05, 4.69) is 5.32 Å². The van der Waals surface area contributed by atoms with E-state index in [0.29, 0.717) is 15.7 Å². The smallest absolute Gasteiger partial charge is 0.353 e. The number of halogens is 2. The van der Waals surface area contributed by atoms with Crippen LogP contribution in [0.5, 0.6) is 5.75 Å². The number of hydrogen-bond donors (Lipinski definition) is 2. The number of nitrogens with one attached hydrogen (secondary N) is 1. The molecule has 0 aliphatic carbocycles. The molecule has 2 aromatic carbocycles. The first kappa shape index (κ1) is 15.4. The Morgan fingerprint density at radius 3 is 2.43 bits per heavy atom. The van der Waals surface area contributed by atoms with Gasteiger partial charge in [0.1, 0.15) is 11.3 Å². The van der Waals surface area contributed by atoms with Crippen LogP contribution in [0, 0.1) is 0 Å². The van der Waals surface area contributed by atoms with Crippen molar-refractivity contribution in [2.45, 2.75) is 0 Å². The van der Waals surface area contributed by atoms with Crippen LogP contribution in [0.3, 0.4) is 0 Å². The summed E-state index contributed by atoms with van der Waals surface area (Å²) in [7, 11) is 0. The Morgan fingerprint density at radius 1 is 1.09 bits per heavy atom. The molecular weight excluding hydrogens is 341 g/mol. The summed E-state index contributed by atoms with van der Waals surface area (Å²) in [6.07, 6.45) is 0. The first-order valence-electron chi connectivity index (χ1n) is 6.48. The van der Waals surface area contributed by atoms with Gasteiger partial charge >= 0.3 is 5.63 Å². The Morgan fingerprint density at radius 2 is 1.74 bits per heavy atom. The van der Waals surface area contributed by atoms with E-state index in [1.165, 1.54) is 24.3 Å². The average Bonchev–Trinajstić information content (AvgIpc) is 2.46. The highest BCUT2D eigenvalue weighted by atomic mass is 35.5. The van der Waals surface area contributed by atoms with Crippen LogP contribution in [0.4, 0.5) is 5.69 Å². The van der Waals surface area contributed by atoms with Gasteiger partial charge in [-0.3, -0.25) is 4.79 Å². The summed E-state index contributed by atoms with van der Waals surface area (Å²) in [6, 6.07) is 10.8. The van der Waals surface area contributed by atoms with E-state index < -0.39 is 22.8 Å². The maximum Gasteiger partial charge on any atom is 0.353 e. The van der Waals surface area contributed by atoms with Crippen molar-refractivity contribution in [3.05, 3.63) is 68.5 Å². The normalized spacial score (nSPS) is 10.7. The van der Waals surface area contributed by atoms with E-state index in [1.54, 1.807) is 18.2 Å². The summed E-state index contributed by atoms with van der Waals surface area (Å²) in [4.78, 5) is 24.3. The topological polar surface area (TPSA) is 79.5 Å². The van der Waals surface area contributed by atoms with Crippen LogP contribution in [0.2, 0.25) is 10.0 Å². The highest BCUT2D eigenvalue weighted by Crippen LogP contribution is 2.27. The number of hydrogen-bond acceptors (Lipinski definition) is 4. The number of fused-ring (bicyclic) bond motifs is 1. The summed E-state index contributed by atoms with van der Waals surface area (Å²) >= 11 is 11.7. The predicted molar refractivity (Wildman–Crippen MR) is 88.6 cm³/mol. The largest absolute Gasteiger partial charge is 0.506 e. The quantitative estimate of drug-likeness (QED) is 0.683. The second kappa shape index (κ2) is 5.95. The Hall–Kier alpha value is -2.50. The van der Waals surface area contributed by atoms with Gasteiger partial charge < -0.3 is 14.8 Å². The van der Waals surface area contributed by atoms with E-state index in [-0.39, 0.29) is 11.0 Å². The molecule has 0 aliphatic rings. The standard InChI is InChI=1S/C16H9Cl2NO4/c17-8-5-9(18)7-10(6-8)19-15(21)13-14(20)11-3-1-2-4-12(11)23-16(13)22/h1-7,20H,(H,19,21). The Kier molecular flexibility index (Phi) is 3.98. The molecule has 7 heteroatoms. The van der Waals surface area contributed by atoms with E-state index in [1.807, 2.05) is 0 Å². The molecule has 0 aliphatic heterocycles. The molecule has 0 spiro atoms. The van der Waals surface area contributed by atoms with E-state index in [9.17, 15) is 14.7 Å². The summed E-state index contributed by atoms with van der Waals surface area (Å²) in [5, 5.41) is 13.6. The third-order valence-electron chi connectivity index (χ3n) is 3.13. The molecule has 0 atom stereocenters. The van der Waals surface area contributed by atoms with E-state index in [4.69, 9.17) is 27.6 Å². The highest BCUT2D eigenvalue weighted by molar-refractivity contribution is 6.35. The van der Waals surface area contributed by atoms with Crippen molar-refractivity contribution in [1.29, 1.82) is 0 Å². The van der Waals surface area contributed by atoms with Gasteiger partial charge in [0.05, 0.1) is 5.39 Å². The minimum atomic E-state index is -0.938. The molecule has 5 nitrogen and oxygen atoms in total. The molecule has 116 valence electrons. The van der Waals surface area contributed by atoms with Crippen molar-refractivity contribution in [3.63, 3.8) is 0 Å². The molecule has 0 fully saturated rings. The van der Waals surface area contributed by atoms with Gasteiger partial charge in [-0.25, -0.2) is 4.79 Å². The van der Waals surface area contributed by atoms with E-state index in [0.717, 1.165) is 0 Å². The van der Waals surface area contributed by atoms with Crippen LogP contribution in [-0.2, 0) is 0 Å². The lowest BCUT2D eigenvalue weighted by Crippen LogP contribution is -2.21. The molecule has 0 saturated heterocycles. The van der Waals surface area contributed by atoms with Gasteiger partial charge in [-0.15, -0.1) is 0 Å². The van der Waals surface area contributed by atoms with Crippen molar-refractivity contribution in [2.24, 2.45) is 0 Å². The maximum atomic E-state index is 12.3. The lowest BCUT2D eigenvalue weighted by Gasteiger charge is -2.08. The first-order valence-corrected chi connectivity index (χ1v) is 7.23. The van der Waals surface area contributed by atoms with Crippen LogP contribution in [0.25, 0.3) is 11.0 Å². The molecule has 23 heavy (non-hydrogen) atoms. The molecule has 3 rings (SSSR count). The van der Waals surface area contributed by atoms with Crippen LogP contribution < -0.4 is 10.9 Å².